The van der Waals surface area contributed by atoms with Crippen LogP contribution in [0.3, 0.4) is 0 Å². The molecule has 0 aliphatic carbocycles. The highest BCUT2D eigenvalue weighted by molar-refractivity contribution is 5.62. The molecule has 1 aliphatic rings. The van der Waals surface area contributed by atoms with E-state index < -0.39 is 37.3 Å². The fourth-order valence-electron chi connectivity index (χ4n) is 2.67. The third-order valence-electron chi connectivity index (χ3n) is 4.14. The molecule has 0 unspecified atom stereocenters. The number of ether oxygens (including phenoxy) is 5. The van der Waals surface area contributed by atoms with Gasteiger partial charge in [-0.3, -0.25) is 0 Å². The van der Waals surface area contributed by atoms with Gasteiger partial charge in [-0.25, -0.2) is 0 Å². The van der Waals surface area contributed by atoms with Crippen LogP contribution in [0.4, 0.5) is 0 Å². The Kier molecular flexibility index (Phi) is 7.84. The smallest absolute Gasteiger partial charge is 0.229 e. The van der Waals surface area contributed by atoms with Crippen molar-refractivity contribution in [1.82, 2.24) is 0 Å². The number of methoxy groups -OCH3 is 3. The predicted molar refractivity (Wildman–Crippen MR) is 94.9 cm³/mol. The van der Waals surface area contributed by atoms with Crippen LogP contribution in [0, 0.1) is 0 Å². The molecule has 9 heteroatoms. The monoisotopic (exact) mass is 386 g/mol. The highest BCUT2D eigenvalue weighted by Crippen LogP contribution is 2.40. The lowest BCUT2D eigenvalue weighted by Gasteiger charge is -2.39. The van der Waals surface area contributed by atoms with Gasteiger partial charge in [-0.15, -0.1) is 0 Å². The summed E-state index contributed by atoms with van der Waals surface area (Å²) in [6.07, 6.45) is -3.37. The van der Waals surface area contributed by atoms with Gasteiger partial charge >= 0.3 is 0 Å². The van der Waals surface area contributed by atoms with Crippen LogP contribution in [0.25, 0.3) is 6.08 Å². The quantitative estimate of drug-likeness (QED) is 0.469. The van der Waals surface area contributed by atoms with Crippen LogP contribution in [0.1, 0.15) is 5.56 Å². The van der Waals surface area contributed by atoms with E-state index in [2.05, 4.69) is 0 Å². The highest BCUT2D eigenvalue weighted by atomic mass is 16.7. The summed E-state index contributed by atoms with van der Waals surface area (Å²) in [7, 11) is 4.47. The number of rotatable bonds is 8. The predicted octanol–water partition coefficient (Wildman–Crippen LogP) is -0.458. The largest absolute Gasteiger partial charge is 0.493 e. The number of aliphatic hydroxyl groups excluding tert-OH is 4. The van der Waals surface area contributed by atoms with Crippen LogP contribution in [0.15, 0.2) is 18.2 Å². The Bertz CT molecular complexity index is 606. The van der Waals surface area contributed by atoms with Crippen molar-refractivity contribution in [2.24, 2.45) is 0 Å². The Morgan fingerprint density at radius 2 is 1.63 bits per heavy atom. The first-order chi connectivity index (χ1) is 13.0. The van der Waals surface area contributed by atoms with Crippen molar-refractivity contribution in [1.29, 1.82) is 0 Å². The van der Waals surface area contributed by atoms with E-state index >= 15 is 0 Å². The fourth-order valence-corrected chi connectivity index (χ4v) is 2.67. The minimum Gasteiger partial charge on any atom is -0.493 e. The van der Waals surface area contributed by atoms with E-state index in [1.807, 2.05) is 12.2 Å². The first-order valence-corrected chi connectivity index (χ1v) is 8.35. The normalized spacial score (nSPS) is 28.3. The molecule has 0 aromatic heterocycles. The molecule has 5 atom stereocenters. The van der Waals surface area contributed by atoms with Crippen LogP contribution in [-0.2, 0) is 9.47 Å². The van der Waals surface area contributed by atoms with E-state index in [9.17, 15) is 20.4 Å². The molecular weight excluding hydrogens is 360 g/mol. The van der Waals surface area contributed by atoms with Crippen LogP contribution in [0.2, 0.25) is 0 Å². The van der Waals surface area contributed by atoms with Gasteiger partial charge < -0.3 is 44.1 Å². The number of hydrogen-bond donors (Lipinski definition) is 4. The SMILES string of the molecule is COCC=Cc1cc(OC)c(O[C@@H]2O[C@H](CO)[C@@H](O)[C@H](O)[C@H]2O)c(OC)c1. The third kappa shape index (κ3) is 4.89. The topological polar surface area (TPSA) is 127 Å². The molecule has 27 heavy (non-hydrogen) atoms. The highest BCUT2D eigenvalue weighted by Gasteiger charge is 2.45. The first kappa shape index (κ1) is 21.4. The Labute approximate surface area is 157 Å². The molecule has 0 bridgehead atoms. The second-order valence-corrected chi connectivity index (χ2v) is 5.93. The molecule has 1 fully saturated rings. The molecule has 4 N–H and O–H groups in total. The maximum atomic E-state index is 10.2. The summed E-state index contributed by atoms with van der Waals surface area (Å²) in [6, 6.07) is 3.38. The van der Waals surface area contributed by atoms with Crippen LogP contribution in [0.5, 0.6) is 17.2 Å². The summed E-state index contributed by atoms with van der Waals surface area (Å²) in [5.41, 5.74) is 0.766. The average molecular weight is 386 g/mol. The summed E-state index contributed by atoms with van der Waals surface area (Å²) in [5.74, 6) is 0.764. The molecule has 152 valence electrons. The molecule has 9 nitrogen and oxygen atoms in total. The Balaban J connectivity index is 2.31. The molecule has 0 radical (unpaired) electrons. The van der Waals surface area contributed by atoms with E-state index in [-0.39, 0.29) is 5.75 Å². The summed E-state index contributed by atoms with van der Waals surface area (Å²) >= 11 is 0. The molecule has 0 spiro atoms. The number of benzene rings is 1. The molecule has 1 saturated heterocycles. The van der Waals surface area contributed by atoms with Gasteiger partial charge in [0.2, 0.25) is 12.0 Å². The zero-order valence-corrected chi connectivity index (χ0v) is 15.4. The van der Waals surface area contributed by atoms with E-state index in [0.29, 0.717) is 18.1 Å². The van der Waals surface area contributed by atoms with Gasteiger partial charge in [0.15, 0.2) is 11.5 Å². The summed E-state index contributed by atoms with van der Waals surface area (Å²) < 4.78 is 26.7. The van der Waals surface area contributed by atoms with E-state index in [1.54, 1.807) is 19.2 Å². The zero-order valence-electron chi connectivity index (χ0n) is 15.4. The van der Waals surface area contributed by atoms with Crippen molar-refractivity contribution in [3.63, 3.8) is 0 Å². The Hall–Kier alpha value is -1.88. The molecule has 0 saturated carbocycles. The molecule has 0 amide bonds. The molecule has 1 aromatic rings. The van der Waals surface area contributed by atoms with Crippen molar-refractivity contribution in [3.8, 4) is 17.2 Å². The van der Waals surface area contributed by atoms with Crippen LogP contribution >= 0.6 is 0 Å². The third-order valence-corrected chi connectivity index (χ3v) is 4.14. The van der Waals surface area contributed by atoms with E-state index in [4.69, 9.17) is 23.7 Å². The van der Waals surface area contributed by atoms with Gasteiger partial charge in [0.05, 0.1) is 27.4 Å². The van der Waals surface area contributed by atoms with Gasteiger partial charge in [0, 0.05) is 7.11 Å². The first-order valence-electron chi connectivity index (χ1n) is 8.35. The standard InChI is InChI=1S/C18H26O9/c1-23-6-4-5-10-7-11(24-2)17(12(8-10)25-3)27-18-16(22)15(21)14(20)13(9-19)26-18/h4-5,7-8,13-16,18-22H,6,9H2,1-3H3/t13-,14-,15+,16-,18+/m1/s1. The second-order valence-electron chi connectivity index (χ2n) is 5.93. The van der Waals surface area contributed by atoms with Crippen LogP contribution < -0.4 is 14.2 Å². The van der Waals surface area contributed by atoms with Crippen molar-refractivity contribution in [3.05, 3.63) is 23.8 Å². The molecule has 1 aliphatic heterocycles. The number of hydrogen-bond acceptors (Lipinski definition) is 9. The maximum Gasteiger partial charge on any atom is 0.229 e. The van der Waals surface area contributed by atoms with Gasteiger partial charge in [-0.05, 0) is 17.7 Å². The molecular formula is C18H26O9. The van der Waals surface area contributed by atoms with Gasteiger partial charge in [-0.1, -0.05) is 12.2 Å². The number of aliphatic hydroxyl groups is 4. The van der Waals surface area contributed by atoms with Crippen molar-refractivity contribution >= 4 is 6.08 Å². The van der Waals surface area contributed by atoms with Gasteiger partial charge in [-0.2, -0.15) is 0 Å². The van der Waals surface area contributed by atoms with E-state index in [1.165, 1.54) is 14.2 Å². The Morgan fingerprint density at radius 1 is 1.00 bits per heavy atom. The average Bonchev–Trinajstić information content (AvgIpc) is 2.68. The van der Waals surface area contributed by atoms with Crippen molar-refractivity contribution in [2.75, 3.05) is 34.5 Å². The summed E-state index contributed by atoms with van der Waals surface area (Å²) in [4.78, 5) is 0. The van der Waals surface area contributed by atoms with E-state index in [0.717, 1.165) is 5.56 Å². The zero-order chi connectivity index (χ0) is 20.0. The molecule has 1 aromatic carbocycles. The maximum absolute atomic E-state index is 10.2. The molecule has 2 rings (SSSR count). The van der Waals surface area contributed by atoms with Gasteiger partial charge in [0.1, 0.15) is 24.4 Å². The van der Waals surface area contributed by atoms with Crippen LogP contribution in [-0.4, -0.2) is 85.7 Å². The molecule has 1 heterocycles. The summed E-state index contributed by atoms with van der Waals surface area (Å²) in [5, 5.41) is 39.2. The van der Waals surface area contributed by atoms with Gasteiger partial charge in [0.25, 0.3) is 0 Å². The second kappa shape index (κ2) is 9.88. The lowest BCUT2D eigenvalue weighted by atomic mass is 9.99. The minimum atomic E-state index is -1.55. The minimum absolute atomic E-state index is 0.147. The lowest BCUT2D eigenvalue weighted by molar-refractivity contribution is -0.277. The summed E-state index contributed by atoms with van der Waals surface area (Å²) in [6.45, 7) is -0.115. The van der Waals surface area contributed by atoms with Crippen molar-refractivity contribution < 1.29 is 44.1 Å². The fraction of sp³-hybridized carbons (Fsp3) is 0.556. The lowest BCUT2D eigenvalue weighted by Crippen LogP contribution is -2.60. The van der Waals surface area contributed by atoms with Crippen molar-refractivity contribution in [2.45, 2.75) is 30.7 Å². The Morgan fingerprint density at radius 3 is 2.15 bits per heavy atom.